The predicted molar refractivity (Wildman–Crippen MR) is 93.5 cm³/mol. The number of carbonyl (C=O) groups excluding carboxylic acids is 1. The summed E-state index contributed by atoms with van der Waals surface area (Å²) in [5.41, 5.74) is 1.54. The van der Waals surface area contributed by atoms with Crippen molar-refractivity contribution in [3.63, 3.8) is 0 Å². The number of nitrogens with one attached hydrogen (secondary N) is 1. The number of nitrogens with zero attached hydrogens (tertiary/aromatic N) is 2. The Hall–Kier alpha value is -2.21. The second kappa shape index (κ2) is 7.78. The first-order valence-corrected chi connectivity index (χ1v) is 8.75. The van der Waals surface area contributed by atoms with Gasteiger partial charge in [0.05, 0.1) is 6.04 Å². The SMILES string of the molecule is CC(C(=O)NC1CC1)N(C)CCCc1cc(-c2ccc(F)cc2)no1. The van der Waals surface area contributed by atoms with Crippen LogP contribution in [0.3, 0.4) is 0 Å². The molecule has 0 bridgehead atoms. The van der Waals surface area contributed by atoms with E-state index in [1.165, 1.54) is 12.1 Å². The van der Waals surface area contributed by atoms with Crippen LogP contribution in [0.4, 0.5) is 4.39 Å². The van der Waals surface area contributed by atoms with Crippen LogP contribution in [-0.4, -0.2) is 41.6 Å². The zero-order valence-electron chi connectivity index (χ0n) is 14.7. The summed E-state index contributed by atoms with van der Waals surface area (Å²) < 4.78 is 18.3. The minimum Gasteiger partial charge on any atom is -0.361 e. The summed E-state index contributed by atoms with van der Waals surface area (Å²) in [6, 6.07) is 8.33. The molecule has 134 valence electrons. The Morgan fingerprint density at radius 3 is 2.80 bits per heavy atom. The highest BCUT2D eigenvalue weighted by molar-refractivity contribution is 5.81. The Kier molecular flexibility index (Phi) is 5.48. The molecular weight excluding hydrogens is 321 g/mol. The lowest BCUT2D eigenvalue weighted by Gasteiger charge is -2.23. The molecule has 25 heavy (non-hydrogen) atoms. The van der Waals surface area contributed by atoms with Crippen molar-refractivity contribution in [2.24, 2.45) is 0 Å². The second-order valence-corrected chi connectivity index (χ2v) is 6.73. The van der Waals surface area contributed by atoms with Gasteiger partial charge in [-0.15, -0.1) is 0 Å². The fourth-order valence-electron chi connectivity index (χ4n) is 2.63. The minimum absolute atomic E-state index is 0.100. The molecule has 1 amide bonds. The van der Waals surface area contributed by atoms with Crippen LogP contribution < -0.4 is 5.32 Å². The van der Waals surface area contributed by atoms with Crippen molar-refractivity contribution < 1.29 is 13.7 Å². The third kappa shape index (κ3) is 4.89. The van der Waals surface area contributed by atoms with E-state index in [0.717, 1.165) is 43.6 Å². The molecule has 2 aromatic rings. The zero-order valence-corrected chi connectivity index (χ0v) is 14.7. The molecule has 0 saturated heterocycles. The number of hydrogen-bond donors (Lipinski definition) is 1. The molecule has 1 atom stereocenters. The predicted octanol–water partition coefficient (Wildman–Crippen LogP) is 3.01. The fraction of sp³-hybridized carbons (Fsp3) is 0.474. The van der Waals surface area contributed by atoms with Crippen molar-refractivity contribution in [2.45, 2.75) is 44.7 Å². The largest absolute Gasteiger partial charge is 0.361 e. The van der Waals surface area contributed by atoms with E-state index in [0.29, 0.717) is 11.7 Å². The number of rotatable bonds is 8. The molecule has 1 unspecified atom stereocenters. The van der Waals surface area contributed by atoms with Crippen molar-refractivity contribution >= 4 is 5.91 Å². The van der Waals surface area contributed by atoms with Crippen LogP contribution in [0.5, 0.6) is 0 Å². The summed E-state index contributed by atoms with van der Waals surface area (Å²) in [4.78, 5) is 14.1. The quantitative estimate of drug-likeness (QED) is 0.799. The van der Waals surface area contributed by atoms with Crippen LogP contribution in [0.15, 0.2) is 34.9 Å². The normalized spacial score (nSPS) is 15.4. The molecule has 1 aliphatic carbocycles. The van der Waals surface area contributed by atoms with Crippen molar-refractivity contribution in [1.82, 2.24) is 15.4 Å². The number of aryl methyl sites for hydroxylation is 1. The Morgan fingerprint density at radius 2 is 2.12 bits per heavy atom. The van der Waals surface area contributed by atoms with Crippen molar-refractivity contribution in [2.75, 3.05) is 13.6 Å². The van der Waals surface area contributed by atoms with Gasteiger partial charge in [-0.3, -0.25) is 9.69 Å². The van der Waals surface area contributed by atoms with Gasteiger partial charge in [-0.05, 0) is 64.0 Å². The monoisotopic (exact) mass is 345 g/mol. The summed E-state index contributed by atoms with van der Waals surface area (Å²) in [5, 5.41) is 7.07. The minimum atomic E-state index is -0.268. The van der Waals surface area contributed by atoms with Gasteiger partial charge in [-0.1, -0.05) is 5.16 Å². The van der Waals surface area contributed by atoms with Gasteiger partial charge < -0.3 is 9.84 Å². The van der Waals surface area contributed by atoms with Crippen LogP contribution >= 0.6 is 0 Å². The summed E-state index contributed by atoms with van der Waals surface area (Å²) in [6.07, 6.45) is 3.82. The Balaban J connectivity index is 1.45. The fourth-order valence-corrected chi connectivity index (χ4v) is 2.63. The van der Waals surface area contributed by atoms with Gasteiger partial charge in [0.2, 0.25) is 5.91 Å². The van der Waals surface area contributed by atoms with Crippen molar-refractivity contribution in [3.05, 3.63) is 41.9 Å². The maximum atomic E-state index is 13.0. The number of hydrogen-bond acceptors (Lipinski definition) is 4. The second-order valence-electron chi connectivity index (χ2n) is 6.73. The summed E-state index contributed by atoms with van der Waals surface area (Å²) >= 11 is 0. The lowest BCUT2D eigenvalue weighted by atomic mass is 10.1. The number of likely N-dealkylation sites (N-methyl/N-ethyl adjacent to an activating group) is 1. The molecule has 1 heterocycles. The molecule has 0 spiro atoms. The van der Waals surface area contributed by atoms with Gasteiger partial charge in [0, 0.05) is 24.1 Å². The van der Waals surface area contributed by atoms with E-state index in [4.69, 9.17) is 4.52 Å². The average Bonchev–Trinajstić information content (AvgIpc) is 3.29. The highest BCUT2D eigenvalue weighted by Gasteiger charge is 2.26. The lowest BCUT2D eigenvalue weighted by Crippen LogP contribution is -2.44. The van der Waals surface area contributed by atoms with Crippen LogP contribution in [0.1, 0.15) is 31.9 Å². The first kappa shape index (κ1) is 17.6. The van der Waals surface area contributed by atoms with Crippen LogP contribution in [0, 0.1) is 5.82 Å². The zero-order chi connectivity index (χ0) is 17.8. The van der Waals surface area contributed by atoms with Crippen molar-refractivity contribution in [3.8, 4) is 11.3 Å². The molecule has 1 fully saturated rings. The smallest absolute Gasteiger partial charge is 0.237 e. The molecule has 1 aromatic carbocycles. The number of carbonyl (C=O) groups is 1. The van der Waals surface area contributed by atoms with E-state index in [1.807, 2.05) is 20.0 Å². The maximum absolute atomic E-state index is 13.0. The van der Waals surface area contributed by atoms with E-state index in [-0.39, 0.29) is 17.8 Å². The number of amides is 1. The maximum Gasteiger partial charge on any atom is 0.237 e. The topological polar surface area (TPSA) is 58.4 Å². The summed E-state index contributed by atoms with van der Waals surface area (Å²) in [5.74, 6) is 0.626. The third-order valence-corrected chi connectivity index (χ3v) is 4.60. The van der Waals surface area contributed by atoms with Crippen LogP contribution in [0.2, 0.25) is 0 Å². The van der Waals surface area contributed by atoms with Gasteiger partial charge in [0.1, 0.15) is 17.3 Å². The molecule has 1 aliphatic rings. The standard InChI is InChI=1S/C19H24FN3O2/c1-13(19(24)21-16-9-10-16)23(2)11-3-4-17-12-18(22-25-17)14-5-7-15(20)8-6-14/h5-8,12-13,16H,3-4,9-11H2,1-2H3,(H,21,24). The summed E-state index contributed by atoms with van der Waals surface area (Å²) in [6.45, 7) is 2.73. The molecule has 0 radical (unpaired) electrons. The highest BCUT2D eigenvalue weighted by atomic mass is 19.1. The Labute approximate surface area is 147 Å². The van der Waals surface area contributed by atoms with Gasteiger partial charge in [-0.25, -0.2) is 4.39 Å². The Bertz CT molecular complexity index is 710. The molecule has 0 aliphatic heterocycles. The van der Waals surface area contributed by atoms with Gasteiger partial charge >= 0.3 is 0 Å². The average molecular weight is 345 g/mol. The van der Waals surface area contributed by atoms with E-state index >= 15 is 0 Å². The van der Waals surface area contributed by atoms with E-state index in [2.05, 4.69) is 15.4 Å². The molecule has 1 saturated carbocycles. The number of aromatic nitrogens is 1. The van der Waals surface area contributed by atoms with Gasteiger partial charge in [0.15, 0.2) is 0 Å². The molecule has 1 aromatic heterocycles. The molecular formula is C19H24FN3O2. The van der Waals surface area contributed by atoms with E-state index in [9.17, 15) is 9.18 Å². The van der Waals surface area contributed by atoms with Gasteiger partial charge in [-0.2, -0.15) is 0 Å². The number of halogens is 1. The summed E-state index contributed by atoms with van der Waals surface area (Å²) in [7, 11) is 1.96. The van der Waals surface area contributed by atoms with Gasteiger partial charge in [0.25, 0.3) is 0 Å². The van der Waals surface area contributed by atoms with Crippen LogP contribution in [-0.2, 0) is 11.2 Å². The van der Waals surface area contributed by atoms with E-state index in [1.54, 1.807) is 12.1 Å². The molecule has 5 nitrogen and oxygen atoms in total. The first-order chi connectivity index (χ1) is 12.0. The highest BCUT2D eigenvalue weighted by Crippen LogP contribution is 2.21. The lowest BCUT2D eigenvalue weighted by molar-refractivity contribution is -0.125. The third-order valence-electron chi connectivity index (χ3n) is 4.60. The van der Waals surface area contributed by atoms with Crippen LogP contribution in [0.25, 0.3) is 11.3 Å². The molecule has 3 rings (SSSR count). The Morgan fingerprint density at radius 1 is 1.40 bits per heavy atom. The number of benzene rings is 1. The molecule has 6 heteroatoms. The first-order valence-electron chi connectivity index (χ1n) is 8.75. The van der Waals surface area contributed by atoms with E-state index < -0.39 is 0 Å². The molecule has 1 N–H and O–H groups in total. The van der Waals surface area contributed by atoms with Crippen molar-refractivity contribution in [1.29, 1.82) is 0 Å².